The summed E-state index contributed by atoms with van der Waals surface area (Å²) in [6, 6.07) is 75.4. The van der Waals surface area contributed by atoms with Crippen LogP contribution in [-0.2, 0) is 0 Å². The number of fused-ring (bicyclic) bond motifs is 14. The van der Waals surface area contributed by atoms with E-state index in [0.717, 1.165) is 167 Å². The molecule has 0 radical (unpaired) electrons. The average Bonchev–Trinajstić information content (AvgIpc) is 4.27. The minimum absolute atomic E-state index is 0.730. The molecule has 11 aromatic carbocycles. The molecule has 0 N–H and O–H groups in total. The number of para-hydroxylation sites is 6. The van der Waals surface area contributed by atoms with Gasteiger partial charge in [-0.1, -0.05) is 97.1 Å². The zero-order valence-electron chi connectivity index (χ0n) is 39.1. The first-order valence-electron chi connectivity index (χ1n) is 24.7. The third-order valence-electron chi connectivity index (χ3n) is 14.9. The third kappa shape index (κ3) is 5.84. The lowest BCUT2D eigenvalue weighted by Gasteiger charge is -2.33. The molecule has 0 saturated heterocycles. The fourth-order valence-corrected chi connectivity index (χ4v) is 11.4. The number of benzene rings is 11. The Balaban J connectivity index is 0.749. The maximum absolute atomic E-state index is 6.80. The molecule has 346 valence electrons. The van der Waals surface area contributed by atoms with Crippen LogP contribution in [0, 0.1) is 0 Å². The van der Waals surface area contributed by atoms with Gasteiger partial charge in [0.2, 0.25) is 0 Å². The van der Waals surface area contributed by atoms with E-state index < -0.39 is 0 Å². The summed E-state index contributed by atoms with van der Waals surface area (Å²) in [4.78, 5) is 4.52. The molecular formula is C66H36N2O6. The summed E-state index contributed by atoms with van der Waals surface area (Å²) in [6.07, 6.45) is 0. The Kier molecular flexibility index (Phi) is 7.85. The van der Waals surface area contributed by atoms with Crippen molar-refractivity contribution >= 4 is 121 Å². The highest BCUT2D eigenvalue weighted by Crippen LogP contribution is 2.55. The number of hydrogen-bond donors (Lipinski definition) is 0. The van der Waals surface area contributed by atoms with Crippen molar-refractivity contribution in [3.63, 3.8) is 0 Å². The Hall–Kier alpha value is -10.2. The Morgan fingerprint density at radius 2 is 0.649 bits per heavy atom. The molecule has 2 aliphatic heterocycles. The lowest BCUT2D eigenvalue weighted by Crippen LogP contribution is -2.15. The van der Waals surface area contributed by atoms with Crippen molar-refractivity contribution in [3.8, 4) is 45.6 Å². The molecule has 4 aromatic heterocycles. The number of furan rings is 4. The van der Waals surface area contributed by atoms with Gasteiger partial charge in [-0.3, -0.25) is 0 Å². The van der Waals surface area contributed by atoms with Gasteiger partial charge in [-0.2, -0.15) is 0 Å². The van der Waals surface area contributed by atoms with Crippen LogP contribution in [0.5, 0.6) is 23.0 Å². The van der Waals surface area contributed by atoms with E-state index in [9.17, 15) is 0 Å². The predicted octanol–water partition coefficient (Wildman–Crippen LogP) is 19.8. The third-order valence-corrected chi connectivity index (χ3v) is 14.9. The molecule has 0 fully saturated rings. The molecule has 0 unspecified atom stereocenters. The van der Waals surface area contributed by atoms with Gasteiger partial charge in [-0.25, -0.2) is 0 Å². The number of hydrogen-bond acceptors (Lipinski definition) is 8. The lowest BCUT2D eigenvalue weighted by atomic mass is 10.0. The van der Waals surface area contributed by atoms with Gasteiger partial charge in [-0.15, -0.1) is 0 Å². The molecular weight excluding hydrogens is 917 g/mol. The van der Waals surface area contributed by atoms with Crippen LogP contribution in [0.1, 0.15) is 0 Å². The molecule has 6 heterocycles. The normalized spacial score (nSPS) is 13.0. The molecule has 0 bridgehead atoms. The van der Waals surface area contributed by atoms with Crippen molar-refractivity contribution in [2.45, 2.75) is 0 Å². The Bertz CT molecular complexity index is 4520. The number of nitrogens with zero attached hydrogens (tertiary/aromatic N) is 2. The van der Waals surface area contributed by atoms with E-state index >= 15 is 0 Å². The van der Waals surface area contributed by atoms with Crippen molar-refractivity contribution in [1.29, 1.82) is 0 Å². The van der Waals surface area contributed by atoms with Crippen LogP contribution < -0.4 is 19.3 Å². The second-order valence-electron chi connectivity index (χ2n) is 19.3. The summed E-state index contributed by atoms with van der Waals surface area (Å²) in [5.41, 5.74) is 12.5. The largest absolute Gasteiger partial charge is 0.456 e. The highest BCUT2D eigenvalue weighted by atomic mass is 16.5. The van der Waals surface area contributed by atoms with Crippen LogP contribution in [0.15, 0.2) is 236 Å². The van der Waals surface area contributed by atoms with E-state index in [-0.39, 0.29) is 0 Å². The van der Waals surface area contributed by atoms with E-state index in [2.05, 4.69) is 155 Å². The molecule has 0 atom stereocenters. The topological polar surface area (TPSA) is 77.5 Å². The van der Waals surface area contributed by atoms with Gasteiger partial charge in [0.25, 0.3) is 0 Å². The van der Waals surface area contributed by atoms with Crippen molar-refractivity contribution in [2.24, 2.45) is 0 Å². The van der Waals surface area contributed by atoms with Crippen LogP contribution in [0.2, 0.25) is 0 Å². The molecule has 0 amide bonds. The maximum atomic E-state index is 6.80. The van der Waals surface area contributed by atoms with Gasteiger partial charge >= 0.3 is 0 Å². The molecule has 8 heteroatoms. The van der Waals surface area contributed by atoms with Gasteiger partial charge < -0.3 is 36.9 Å². The number of anilines is 6. The van der Waals surface area contributed by atoms with Crippen molar-refractivity contribution in [2.75, 3.05) is 9.80 Å². The molecule has 15 aromatic rings. The summed E-state index contributed by atoms with van der Waals surface area (Å²) in [5.74, 6) is 4.70. The number of ether oxygens (including phenoxy) is 2. The monoisotopic (exact) mass is 952 g/mol. The second-order valence-corrected chi connectivity index (χ2v) is 19.3. The van der Waals surface area contributed by atoms with Gasteiger partial charge in [0.1, 0.15) is 45.0 Å². The van der Waals surface area contributed by atoms with E-state index in [1.807, 2.05) is 72.8 Å². The van der Waals surface area contributed by atoms with Crippen molar-refractivity contribution in [1.82, 2.24) is 0 Å². The van der Waals surface area contributed by atoms with Crippen molar-refractivity contribution < 1.29 is 27.1 Å². The second kappa shape index (κ2) is 14.7. The fraction of sp³-hybridized carbons (Fsp3) is 0. The molecule has 74 heavy (non-hydrogen) atoms. The molecule has 0 aliphatic carbocycles. The zero-order chi connectivity index (χ0) is 48.2. The first kappa shape index (κ1) is 39.5. The minimum Gasteiger partial charge on any atom is -0.456 e. The Morgan fingerprint density at radius 3 is 1.14 bits per heavy atom. The van der Waals surface area contributed by atoms with E-state index in [1.165, 1.54) is 0 Å². The van der Waals surface area contributed by atoms with Crippen LogP contribution in [0.3, 0.4) is 0 Å². The zero-order valence-corrected chi connectivity index (χ0v) is 39.1. The highest BCUT2D eigenvalue weighted by molar-refractivity contribution is 6.17. The minimum atomic E-state index is 0.730. The van der Waals surface area contributed by atoms with Gasteiger partial charge in [0, 0.05) is 67.0 Å². The van der Waals surface area contributed by atoms with E-state index in [0.29, 0.717) is 0 Å². The molecule has 2 aliphatic rings. The quantitative estimate of drug-likeness (QED) is 0.173. The van der Waals surface area contributed by atoms with Crippen LogP contribution in [0.25, 0.3) is 110 Å². The molecule has 8 nitrogen and oxygen atoms in total. The molecule has 0 saturated carbocycles. The lowest BCUT2D eigenvalue weighted by molar-refractivity contribution is 0.477. The van der Waals surface area contributed by atoms with Gasteiger partial charge in [0.05, 0.1) is 22.7 Å². The fourth-order valence-electron chi connectivity index (χ4n) is 11.4. The standard InChI is InChI=1S/C66H36N2O6/c1-5-13-55-41(9-1)29-59(69-55)43-19-17-39-27-45(23-21-37(39)25-43)67-51-11-3-7-15-57(51)71-65-33-49-47-31-62-48(32-61(47)73-63(49)35-53(65)67)50-34-66-54(36-64(50)74-62)68(52-12-4-8-16-58(52)72-66)46-24-22-38-26-44(20-18-40(38)28-46)60-30-42-10-2-6-14-56(42)70-60/h1-36H. The van der Waals surface area contributed by atoms with Crippen LogP contribution >= 0.6 is 0 Å². The van der Waals surface area contributed by atoms with E-state index in [1.54, 1.807) is 0 Å². The number of rotatable bonds is 4. The average molecular weight is 953 g/mol. The Labute approximate surface area is 420 Å². The first-order valence-corrected chi connectivity index (χ1v) is 24.7. The summed E-state index contributed by atoms with van der Waals surface area (Å²) >= 11 is 0. The first-order chi connectivity index (χ1) is 36.6. The highest BCUT2D eigenvalue weighted by Gasteiger charge is 2.30. The molecule has 0 spiro atoms. The maximum Gasteiger partial charge on any atom is 0.152 e. The molecule has 17 rings (SSSR count). The smallest absolute Gasteiger partial charge is 0.152 e. The SMILES string of the molecule is c1ccc2c(c1)Oc1cc3c(cc1N2c1ccc2cc(-c4cc5ccccc5o4)ccc2c1)oc1cc2c(cc13)oc1cc3c(cc12)Oc1ccccc1N3c1ccc2cc(-c3cc4ccccc4o3)ccc2c1. The summed E-state index contributed by atoms with van der Waals surface area (Å²) in [7, 11) is 0. The van der Waals surface area contributed by atoms with E-state index in [4.69, 9.17) is 27.1 Å². The van der Waals surface area contributed by atoms with Crippen LogP contribution in [-0.4, -0.2) is 0 Å². The van der Waals surface area contributed by atoms with Gasteiger partial charge in [0.15, 0.2) is 23.0 Å². The summed E-state index contributed by atoms with van der Waals surface area (Å²) in [5, 5.41) is 10.4. The van der Waals surface area contributed by atoms with Gasteiger partial charge in [-0.05, 0) is 131 Å². The Morgan fingerprint density at radius 1 is 0.243 bits per heavy atom. The summed E-state index contributed by atoms with van der Waals surface area (Å²) in [6.45, 7) is 0. The predicted molar refractivity (Wildman–Crippen MR) is 296 cm³/mol. The van der Waals surface area contributed by atoms with Crippen LogP contribution in [0.4, 0.5) is 34.1 Å². The summed E-state index contributed by atoms with van der Waals surface area (Å²) < 4.78 is 39.5. The van der Waals surface area contributed by atoms with Crippen molar-refractivity contribution in [3.05, 3.63) is 218 Å².